The van der Waals surface area contributed by atoms with Gasteiger partial charge in [-0.25, -0.2) is 0 Å². The van der Waals surface area contributed by atoms with Crippen LogP contribution >= 0.6 is 11.3 Å². The van der Waals surface area contributed by atoms with Gasteiger partial charge in [0.15, 0.2) is 0 Å². The standard InChI is InChI=1S/C21H29N5O3S/c1-16-6-8-17(9-7-16)23-20(28)21-25-24-19(30-21)15-29-14-18(27)22-10-13-26-11-4-2-3-5-12-26/h6-9H,2-5,10-15H2,1H3,(H,22,27)(H,23,28). The van der Waals surface area contributed by atoms with Crippen molar-refractivity contribution in [1.29, 1.82) is 0 Å². The van der Waals surface area contributed by atoms with Crippen LogP contribution < -0.4 is 10.6 Å². The summed E-state index contributed by atoms with van der Waals surface area (Å²) in [4.78, 5) is 26.6. The summed E-state index contributed by atoms with van der Waals surface area (Å²) in [6.07, 6.45) is 5.09. The van der Waals surface area contributed by atoms with Gasteiger partial charge in [-0.3, -0.25) is 9.59 Å². The van der Waals surface area contributed by atoms with Gasteiger partial charge < -0.3 is 20.3 Å². The number of hydrogen-bond donors (Lipinski definition) is 2. The number of ether oxygens (including phenoxy) is 1. The largest absolute Gasteiger partial charge is 0.364 e. The molecular formula is C21H29N5O3S. The van der Waals surface area contributed by atoms with Crippen molar-refractivity contribution in [3.8, 4) is 0 Å². The van der Waals surface area contributed by atoms with E-state index < -0.39 is 0 Å². The first kappa shape index (κ1) is 22.3. The Balaban J connectivity index is 1.33. The van der Waals surface area contributed by atoms with Crippen molar-refractivity contribution in [1.82, 2.24) is 20.4 Å². The Kier molecular flexibility index (Phi) is 8.73. The Labute approximate surface area is 181 Å². The summed E-state index contributed by atoms with van der Waals surface area (Å²) in [5.41, 5.74) is 1.82. The molecule has 2 aromatic rings. The molecule has 0 radical (unpaired) electrons. The SMILES string of the molecule is Cc1ccc(NC(=O)c2nnc(COCC(=O)NCCN3CCCCCC3)s2)cc1. The van der Waals surface area contributed by atoms with Crippen LogP contribution in [0.3, 0.4) is 0 Å². The third kappa shape index (κ3) is 7.47. The maximum atomic E-state index is 12.3. The lowest BCUT2D eigenvalue weighted by molar-refractivity contribution is -0.126. The number of nitrogens with one attached hydrogen (secondary N) is 2. The van der Waals surface area contributed by atoms with Crippen LogP contribution in [-0.4, -0.2) is 59.7 Å². The van der Waals surface area contributed by atoms with E-state index in [9.17, 15) is 9.59 Å². The van der Waals surface area contributed by atoms with Crippen LogP contribution in [-0.2, 0) is 16.1 Å². The van der Waals surface area contributed by atoms with E-state index in [4.69, 9.17) is 4.74 Å². The highest BCUT2D eigenvalue weighted by Crippen LogP contribution is 2.14. The van der Waals surface area contributed by atoms with E-state index in [1.807, 2.05) is 31.2 Å². The first-order valence-electron chi connectivity index (χ1n) is 10.4. The summed E-state index contributed by atoms with van der Waals surface area (Å²) < 4.78 is 5.42. The fourth-order valence-electron chi connectivity index (χ4n) is 3.22. The maximum Gasteiger partial charge on any atom is 0.286 e. The molecule has 1 fully saturated rings. The molecule has 30 heavy (non-hydrogen) atoms. The van der Waals surface area contributed by atoms with Crippen molar-refractivity contribution in [3.63, 3.8) is 0 Å². The van der Waals surface area contributed by atoms with E-state index >= 15 is 0 Å². The molecule has 2 amide bonds. The number of aromatic nitrogens is 2. The Morgan fingerprint density at radius 3 is 2.57 bits per heavy atom. The second kappa shape index (κ2) is 11.7. The molecule has 9 heteroatoms. The highest BCUT2D eigenvalue weighted by Gasteiger charge is 2.14. The predicted octanol–water partition coefficient (Wildman–Crippen LogP) is 2.61. The normalized spacial score (nSPS) is 14.8. The highest BCUT2D eigenvalue weighted by molar-refractivity contribution is 7.13. The fourth-order valence-corrected chi connectivity index (χ4v) is 3.89. The molecule has 8 nitrogen and oxygen atoms in total. The first-order chi connectivity index (χ1) is 14.6. The van der Waals surface area contributed by atoms with Gasteiger partial charge in [-0.1, -0.05) is 41.9 Å². The molecule has 0 bridgehead atoms. The van der Waals surface area contributed by atoms with Crippen molar-refractivity contribution >= 4 is 28.8 Å². The van der Waals surface area contributed by atoms with Gasteiger partial charge in [-0.05, 0) is 45.0 Å². The van der Waals surface area contributed by atoms with Crippen LogP contribution in [0.4, 0.5) is 5.69 Å². The van der Waals surface area contributed by atoms with Crippen LogP contribution in [0, 0.1) is 6.92 Å². The van der Waals surface area contributed by atoms with Gasteiger partial charge in [0.05, 0.1) is 0 Å². The second-order valence-corrected chi connectivity index (χ2v) is 8.48. The third-order valence-electron chi connectivity index (χ3n) is 4.88. The van der Waals surface area contributed by atoms with Crippen LogP contribution in [0.15, 0.2) is 24.3 Å². The van der Waals surface area contributed by atoms with E-state index in [1.54, 1.807) is 0 Å². The predicted molar refractivity (Wildman–Crippen MR) is 117 cm³/mol. The number of aryl methyl sites for hydroxylation is 1. The molecule has 0 atom stereocenters. The van der Waals surface area contributed by atoms with E-state index in [0.717, 1.165) is 36.5 Å². The lowest BCUT2D eigenvalue weighted by atomic mass is 10.2. The number of carbonyl (C=O) groups is 2. The fraction of sp³-hybridized carbons (Fsp3) is 0.524. The quantitative estimate of drug-likeness (QED) is 0.634. The van der Waals surface area contributed by atoms with Crippen LogP contribution in [0.25, 0.3) is 0 Å². The molecule has 1 aromatic heterocycles. The molecule has 2 N–H and O–H groups in total. The van der Waals surface area contributed by atoms with Crippen molar-refractivity contribution in [3.05, 3.63) is 39.8 Å². The van der Waals surface area contributed by atoms with Gasteiger partial charge in [0.25, 0.3) is 5.91 Å². The van der Waals surface area contributed by atoms with Crippen LogP contribution in [0.5, 0.6) is 0 Å². The van der Waals surface area contributed by atoms with Crippen molar-refractivity contribution in [2.45, 2.75) is 39.2 Å². The van der Waals surface area contributed by atoms with Crippen molar-refractivity contribution in [2.24, 2.45) is 0 Å². The number of anilines is 1. The van der Waals surface area contributed by atoms with Crippen LogP contribution in [0.1, 0.15) is 46.1 Å². The molecule has 1 aliphatic heterocycles. The average molecular weight is 432 g/mol. The molecule has 2 heterocycles. The maximum absolute atomic E-state index is 12.3. The van der Waals surface area contributed by atoms with Crippen molar-refractivity contribution in [2.75, 3.05) is 38.1 Å². The number of likely N-dealkylation sites (tertiary alicyclic amines) is 1. The molecule has 1 aromatic carbocycles. The Bertz CT molecular complexity index is 816. The van der Waals surface area contributed by atoms with Gasteiger partial charge >= 0.3 is 0 Å². The summed E-state index contributed by atoms with van der Waals surface area (Å²) in [5, 5.41) is 14.4. The molecule has 0 saturated carbocycles. The number of amides is 2. The third-order valence-corrected chi connectivity index (χ3v) is 5.77. The lowest BCUT2D eigenvalue weighted by Crippen LogP contribution is -2.36. The van der Waals surface area contributed by atoms with E-state index in [-0.39, 0.29) is 30.0 Å². The number of benzene rings is 1. The molecule has 1 saturated heterocycles. The zero-order valence-corrected chi connectivity index (χ0v) is 18.2. The molecule has 1 aliphatic rings. The lowest BCUT2D eigenvalue weighted by Gasteiger charge is -2.19. The molecule has 3 rings (SSSR count). The number of carbonyl (C=O) groups excluding carboxylic acids is 2. The summed E-state index contributed by atoms with van der Waals surface area (Å²) in [6.45, 7) is 5.83. The number of rotatable bonds is 9. The topological polar surface area (TPSA) is 96.5 Å². The highest BCUT2D eigenvalue weighted by atomic mass is 32.1. The Morgan fingerprint density at radius 2 is 1.83 bits per heavy atom. The summed E-state index contributed by atoms with van der Waals surface area (Å²) in [5.74, 6) is -0.458. The monoisotopic (exact) mass is 431 g/mol. The minimum atomic E-state index is -0.311. The van der Waals surface area contributed by atoms with Crippen molar-refractivity contribution < 1.29 is 14.3 Å². The summed E-state index contributed by atoms with van der Waals surface area (Å²) in [7, 11) is 0. The molecular weight excluding hydrogens is 402 g/mol. The second-order valence-electron chi connectivity index (χ2n) is 7.42. The van der Waals surface area contributed by atoms with E-state index in [0.29, 0.717) is 17.2 Å². The average Bonchev–Trinajstić information content (AvgIpc) is 3.05. The van der Waals surface area contributed by atoms with Gasteiger partial charge in [-0.2, -0.15) is 0 Å². The number of nitrogens with zero attached hydrogens (tertiary/aromatic N) is 3. The summed E-state index contributed by atoms with van der Waals surface area (Å²) in [6, 6.07) is 7.52. The zero-order chi connectivity index (χ0) is 21.2. The van der Waals surface area contributed by atoms with Gasteiger partial charge in [-0.15, -0.1) is 10.2 Å². The first-order valence-corrected chi connectivity index (χ1v) is 11.2. The molecule has 162 valence electrons. The van der Waals surface area contributed by atoms with E-state index in [2.05, 4.69) is 25.7 Å². The number of hydrogen-bond acceptors (Lipinski definition) is 7. The van der Waals surface area contributed by atoms with Gasteiger partial charge in [0.2, 0.25) is 10.9 Å². The van der Waals surface area contributed by atoms with Crippen LogP contribution in [0.2, 0.25) is 0 Å². The van der Waals surface area contributed by atoms with E-state index in [1.165, 1.54) is 25.7 Å². The molecule has 0 spiro atoms. The smallest absolute Gasteiger partial charge is 0.286 e. The van der Waals surface area contributed by atoms with Gasteiger partial charge in [0, 0.05) is 18.8 Å². The Hall–Kier alpha value is -2.36. The zero-order valence-electron chi connectivity index (χ0n) is 17.4. The summed E-state index contributed by atoms with van der Waals surface area (Å²) >= 11 is 1.16. The van der Waals surface area contributed by atoms with Gasteiger partial charge in [0.1, 0.15) is 18.2 Å². The molecule has 0 unspecified atom stereocenters. The minimum Gasteiger partial charge on any atom is -0.364 e. The Morgan fingerprint density at radius 1 is 1.10 bits per heavy atom. The molecule has 0 aliphatic carbocycles. The minimum absolute atomic E-state index is 0.0372.